The molecule has 29 heavy (non-hydrogen) atoms. The van der Waals surface area contributed by atoms with Crippen LogP contribution in [0.5, 0.6) is 0 Å². The molecule has 6 nitrogen and oxygen atoms in total. The summed E-state index contributed by atoms with van der Waals surface area (Å²) in [5.74, 6) is 1.29. The van der Waals surface area contributed by atoms with Gasteiger partial charge < -0.3 is 5.32 Å². The standard InChI is InChI=1S/C19H21BrN4O2S.C2H6/c1-27(25,26)15-9-7-14(8-10-15)22-18-11-17(13-5-3-2-4-6-13)23-19-16(20)12-21-24(18)19;1-2/h7-13,22H,2-6H2,1H3;1-2H3. The second kappa shape index (κ2) is 9.26. The lowest BCUT2D eigenvalue weighted by Gasteiger charge is -2.22. The van der Waals surface area contributed by atoms with Crippen molar-refractivity contribution in [3.63, 3.8) is 0 Å². The number of fused-ring (bicyclic) bond motifs is 1. The van der Waals surface area contributed by atoms with Gasteiger partial charge in [0.2, 0.25) is 0 Å². The maximum Gasteiger partial charge on any atom is 0.175 e. The van der Waals surface area contributed by atoms with Gasteiger partial charge in [-0.2, -0.15) is 9.61 Å². The molecule has 0 bridgehead atoms. The van der Waals surface area contributed by atoms with Gasteiger partial charge in [-0.25, -0.2) is 13.4 Å². The van der Waals surface area contributed by atoms with Gasteiger partial charge in [0.15, 0.2) is 15.5 Å². The number of sulfone groups is 1. The van der Waals surface area contributed by atoms with E-state index in [9.17, 15) is 8.42 Å². The molecule has 1 fully saturated rings. The molecule has 1 saturated carbocycles. The molecule has 1 aliphatic carbocycles. The third-order valence-corrected chi connectivity index (χ3v) is 6.71. The van der Waals surface area contributed by atoms with E-state index in [2.05, 4.69) is 32.4 Å². The van der Waals surface area contributed by atoms with Crippen molar-refractivity contribution in [2.75, 3.05) is 11.6 Å². The Bertz CT molecular complexity index is 1070. The Morgan fingerprint density at radius 3 is 2.38 bits per heavy atom. The molecule has 3 aromatic rings. The molecule has 1 aliphatic rings. The smallest absolute Gasteiger partial charge is 0.175 e. The van der Waals surface area contributed by atoms with Crippen molar-refractivity contribution in [3.8, 4) is 0 Å². The molecule has 1 N–H and O–H groups in total. The molecule has 2 heterocycles. The largest absolute Gasteiger partial charge is 0.340 e. The first-order valence-corrected chi connectivity index (χ1v) is 12.7. The van der Waals surface area contributed by atoms with Crippen molar-refractivity contribution < 1.29 is 8.42 Å². The Hall–Kier alpha value is -1.93. The maximum absolute atomic E-state index is 11.7. The Labute approximate surface area is 180 Å². The van der Waals surface area contributed by atoms with Crippen LogP contribution in [0.1, 0.15) is 57.6 Å². The van der Waals surface area contributed by atoms with Crippen LogP contribution in [0.15, 0.2) is 45.9 Å². The molecule has 0 saturated heterocycles. The molecule has 8 heteroatoms. The number of nitrogens with one attached hydrogen (secondary N) is 1. The summed E-state index contributed by atoms with van der Waals surface area (Å²) >= 11 is 3.54. The number of anilines is 2. The Morgan fingerprint density at radius 2 is 1.76 bits per heavy atom. The molecule has 0 atom stereocenters. The summed E-state index contributed by atoms with van der Waals surface area (Å²) in [5, 5.41) is 7.77. The Morgan fingerprint density at radius 1 is 1.10 bits per heavy atom. The normalized spacial score (nSPS) is 15.0. The highest BCUT2D eigenvalue weighted by Crippen LogP contribution is 2.34. The van der Waals surface area contributed by atoms with Crippen LogP contribution in [0, 0.1) is 0 Å². The summed E-state index contributed by atoms with van der Waals surface area (Å²) in [5.41, 5.74) is 2.67. The molecule has 0 radical (unpaired) electrons. The van der Waals surface area contributed by atoms with Crippen molar-refractivity contribution in [3.05, 3.63) is 46.7 Å². The predicted octanol–water partition coefficient (Wildman–Crippen LogP) is 5.71. The fraction of sp³-hybridized carbons (Fsp3) is 0.429. The first-order chi connectivity index (χ1) is 13.9. The molecular weight excluding hydrogens is 452 g/mol. The van der Waals surface area contributed by atoms with Crippen LogP contribution in [-0.2, 0) is 9.84 Å². The molecular formula is C21H27BrN4O2S. The van der Waals surface area contributed by atoms with Gasteiger partial charge in [0.05, 0.1) is 15.6 Å². The second-order valence-electron chi connectivity index (χ2n) is 7.05. The summed E-state index contributed by atoms with van der Waals surface area (Å²) in [6.07, 6.45) is 9.06. The number of aromatic nitrogens is 3. The fourth-order valence-corrected chi connectivity index (χ4v) is 4.56. The van der Waals surface area contributed by atoms with Crippen molar-refractivity contribution in [2.24, 2.45) is 0 Å². The average molecular weight is 479 g/mol. The van der Waals surface area contributed by atoms with Crippen LogP contribution in [0.25, 0.3) is 5.65 Å². The number of halogens is 1. The van der Waals surface area contributed by atoms with E-state index in [4.69, 9.17) is 4.98 Å². The van der Waals surface area contributed by atoms with E-state index in [1.54, 1.807) is 35.0 Å². The van der Waals surface area contributed by atoms with Crippen LogP contribution in [0.4, 0.5) is 11.5 Å². The lowest BCUT2D eigenvalue weighted by Crippen LogP contribution is -2.10. The quantitative estimate of drug-likeness (QED) is 0.519. The zero-order chi connectivity index (χ0) is 21.0. The number of rotatable bonds is 4. The third-order valence-electron chi connectivity index (χ3n) is 5.03. The minimum atomic E-state index is -3.21. The fourth-order valence-electron chi connectivity index (χ4n) is 3.58. The van der Waals surface area contributed by atoms with Gasteiger partial charge in [0.25, 0.3) is 0 Å². The van der Waals surface area contributed by atoms with E-state index < -0.39 is 9.84 Å². The van der Waals surface area contributed by atoms with E-state index in [-0.39, 0.29) is 0 Å². The predicted molar refractivity (Wildman–Crippen MR) is 121 cm³/mol. The van der Waals surface area contributed by atoms with Crippen LogP contribution in [-0.4, -0.2) is 29.3 Å². The van der Waals surface area contributed by atoms with Crippen molar-refractivity contribution >= 4 is 42.9 Å². The molecule has 156 valence electrons. The molecule has 0 amide bonds. The SMILES string of the molecule is CC.CS(=O)(=O)c1ccc(Nc2cc(C3CCCCC3)nc3c(Br)cnn23)cc1. The van der Waals surface area contributed by atoms with Crippen LogP contribution in [0.2, 0.25) is 0 Å². The molecule has 4 rings (SSSR count). The highest BCUT2D eigenvalue weighted by Gasteiger charge is 2.20. The first kappa shape index (κ1) is 21.8. The molecule has 0 aliphatic heterocycles. The van der Waals surface area contributed by atoms with E-state index in [1.165, 1.54) is 25.5 Å². The van der Waals surface area contributed by atoms with Crippen molar-refractivity contribution in [2.45, 2.75) is 56.8 Å². The van der Waals surface area contributed by atoms with Crippen molar-refractivity contribution in [1.82, 2.24) is 14.6 Å². The highest BCUT2D eigenvalue weighted by atomic mass is 79.9. The number of nitrogens with zero attached hydrogens (tertiary/aromatic N) is 3. The van der Waals surface area contributed by atoms with E-state index >= 15 is 0 Å². The lowest BCUT2D eigenvalue weighted by molar-refractivity contribution is 0.437. The summed E-state index contributed by atoms with van der Waals surface area (Å²) in [6, 6.07) is 8.81. The summed E-state index contributed by atoms with van der Waals surface area (Å²) in [7, 11) is -3.21. The topological polar surface area (TPSA) is 76.4 Å². The van der Waals surface area contributed by atoms with Gasteiger partial charge >= 0.3 is 0 Å². The number of hydrogen-bond acceptors (Lipinski definition) is 5. The van der Waals surface area contributed by atoms with Gasteiger partial charge in [-0.3, -0.25) is 0 Å². The second-order valence-corrected chi connectivity index (χ2v) is 9.92. The minimum absolute atomic E-state index is 0.303. The minimum Gasteiger partial charge on any atom is -0.340 e. The van der Waals surface area contributed by atoms with Gasteiger partial charge in [-0.05, 0) is 53.0 Å². The molecule has 0 unspecified atom stereocenters. The van der Waals surface area contributed by atoms with Crippen LogP contribution < -0.4 is 5.32 Å². The zero-order valence-corrected chi connectivity index (χ0v) is 19.4. The van der Waals surface area contributed by atoms with Crippen molar-refractivity contribution in [1.29, 1.82) is 0 Å². The number of benzene rings is 1. The average Bonchev–Trinajstić information content (AvgIpc) is 3.11. The van der Waals surface area contributed by atoms with Crippen LogP contribution in [0.3, 0.4) is 0 Å². The summed E-state index contributed by atoms with van der Waals surface area (Å²) in [4.78, 5) is 5.14. The van der Waals surface area contributed by atoms with Gasteiger partial charge in [-0.15, -0.1) is 0 Å². The molecule has 0 spiro atoms. The zero-order valence-electron chi connectivity index (χ0n) is 17.0. The monoisotopic (exact) mass is 478 g/mol. The van der Waals surface area contributed by atoms with Gasteiger partial charge in [0.1, 0.15) is 5.82 Å². The van der Waals surface area contributed by atoms with Gasteiger partial charge in [-0.1, -0.05) is 33.1 Å². The number of hydrogen-bond donors (Lipinski definition) is 1. The maximum atomic E-state index is 11.7. The Balaban J connectivity index is 0.00000117. The van der Waals surface area contributed by atoms with E-state index in [0.29, 0.717) is 10.8 Å². The first-order valence-electron chi connectivity index (χ1n) is 10.0. The third kappa shape index (κ3) is 4.98. The molecule has 2 aromatic heterocycles. The highest BCUT2D eigenvalue weighted by molar-refractivity contribution is 9.10. The molecule has 1 aromatic carbocycles. The Kier molecular flexibility index (Phi) is 6.95. The summed E-state index contributed by atoms with van der Waals surface area (Å²) < 4.78 is 25.9. The van der Waals surface area contributed by atoms with Gasteiger partial charge in [0, 0.05) is 29.6 Å². The van der Waals surface area contributed by atoms with E-state index in [0.717, 1.165) is 40.2 Å². The van der Waals surface area contributed by atoms with Crippen LogP contribution >= 0.6 is 15.9 Å². The summed E-state index contributed by atoms with van der Waals surface area (Å²) in [6.45, 7) is 4.00. The lowest BCUT2D eigenvalue weighted by atomic mass is 9.87. The van der Waals surface area contributed by atoms with E-state index in [1.807, 2.05) is 13.8 Å².